The molecule has 1 aromatic carbocycles. The first-order chi connectivity index (χ1) is 9.69. The van der Waals surface area contributed by atoms with Crippen molar-refractivity contribution in [2.24, 2.45) is 0 Å². The fourth-order valence-corrected chi connectivity index (χ4v) is 2.10. The molecule has 0 radical (unpaired) electrons. The zero-order valence-electron chi connectivity index (χ0n) is 10.8. The zero-order chi connectivity index (χ0) is 14.1. The maximum atomic E-state index is 12.2. The number of nitrogen functional groups attached to an aromatic ring is 1. The SMILES string of the molecule is C#Cc1cccc(NC(=O)c2n[nH]c(C3CC3)c2N)c1. The van der Waals surface area contributed by atoms with E-state index in [0.717, 1.165) is 18.5 Å². The number of rotatable bonds is 3. The second-order valence-corrected chi connectivity index (χ2v) is 4.85. The third-order valence-electron chi connectivity index (χ3n) is 3.32. The first-order valence-corrected chi connectivity index (χ1v) is 6.41. The predicted molar refractivity (Wildman–Crippen MR) is 77.3 cm³/mol. The van der Waals surface area contributed by atoms with Gasteiger partial charge in [0.25, 0.3) is 5.91 Å². The first kappa shape index (κ1) is 12.3. The second-order valence-electron chi connectivity index (χ2n) is 4.85. The molecule has 0 atom stereocenters. The van der Waals surface area contributed by atoms with Gasteiger partial charge in [-0.3, -0.25) is 9.89 Å². The van der Waals surface area contributed by atoms with Gasteiger partial charge < -0.3 is 11.1 Å². The van der Waals surface area contributed by atoms with Gasteiger partial charge in [-0.05, 0) is 31.0 Å². The molecule has 0 unspecified atom stereocenters. The number of hydrogen-bond donors (Lipinski definition) is 3. The van der Waals surface area contributed by atoms with Crippen LogP contribution in [0.25, 0.3) is 0 Å². The molecule has 1 saturated carbocycles. The standard InChI is InChI=1S/C15H14N4O/c1-2-9-4-3-5-11(8-9)17-15(20)14-12(16)13(18-19-14)10-6-7-10/h1,3-5,8,10H,6-7,16H2,(H,17,20)(H,18,19). The van der Waals surface area contributed by atoms with Crippen LogP contribution < -0.4 is 11.1 Å². The van der Waals surface area contributed by atoms with E-state index in [1.807, 2.05) is 0 Å². The summed E-state index contributed by atoms with van der Waals surface area (Å²) in [5.41, 5.74) is 8.84. The Morgan fingerprint density at radius 3 is 3.00 bits per heavy atom. The molecular weight excluding hydrogens is 252 g/mol. The van der Waals surface area contributed by atoms with Crippen molar-refractivity contribution in [1.29, 1.82) is 0 Å². The molecule has 1 amide bonds. The Labute approximate surface area is 116 Å². The summed E-state index contributed by atoms with van der Waals surface area (Å²) in [6.45, 7) is 0. The molecule has 2 aromatic rings. The minimum absolute atomic E-state index is 0.234. The molecule has 100 valence electrons. The molecule has 20 heavy (non-hydrogen) atoms. The molecule has 1 aliphatic carbocycles. The normalized spacial score (nSPS) is 13.8. The van der Waals surface area contributed by atoms with E-state index in [9.17, 15) is 4.79 Å². The Bertz CT molecular complexity index is 707. The van der Waals surface area contributed by atoms with Gasteiger partial charge in [0, 0.05) is 17.2 Å². The van der Waals surface area contributed by atoms with Crippen LogP contribution in [0.2, 0.25) is 0 Å². The zero-order valence-corrected chi connectivity index (χ0v) is 10.8. The Morgan fingerprint density at radius 2 is 2.30 bits per heavy atom. The lowest BCUT2D eigenvalue weighted by molar-refractivity contribution is 0.102. The minimum atomic E-state index is -0.333. The molecule has 5 nitrogen and oxygen atoms in total. The quantitative estimate of drug-likeness (QED) is 0.744. The van der Waals surface area contributed by atoms with Gasteiger partial charge in [-0.1, -0.05) is 12.0 Å². The Morgan fingerprint density at radius 1 is 1.50 bits per heavy atom. The number of nitrogens with one attached hydrogen (secondary N) is 2. The predicted octanol–water partition coefficient (Wildman–Crippen LogP) is 2.10. The minimum Gasteiger partial charge on any atom is -0.395 e. The summed E-state index contributed by atoms with van der Waals surface area (Å²) in [6, 6.07) is 7.07. The number of carbonyl (C=O) groups excluding carboxylic acids is 1. The number of aromatic amines is 1. The third-order valence-corrected chi connectivity index (χ3v) is 3.32. The Kier molecular flexibility index (Phi) is 2.92. The van der Waals surface area contributed by atoms with E-state index in [2.05, 4.69) is 21.4 Å². The van der Waals surface area contributed by atoms with Crippen LogP contribution in [-0.4, -0.2) is 16.1 Å². The lowest BCUT2D eigenvalue weighted by Gasteiger charge is -2.04. The van der Waals surface area contributed by atoms with Gasteiger partial charge in [0.05, 0.1) is 11.4 Å². The molecule has 0 saturated heterocycles. The number of anilines is 2. The number of aromatic nitrogens is 2. The van der Waals surface area contributed by atoms with Crippen LogP contribution in [0.3, 0.4) is 0 Å². The van der Waals surface area contributed by atoms with Crippen molar-refractivity contribution in [3.05, 3.63) is 41.2 Å². The van der Waals surface area contributed by atoms with Crippen LogP contribution in [0.5, 0.6) is 0 Å². The molecule has 1 aliphatic rings. The summed E-state index contributed by atoms with van der Waals surface area (Å²) in [6.07, 6.45) is 7.52. The van der Waals surface area contributed by atoms with Gasteiger partial charge in [0.15, 0.2) is 5.69 Å². The summed E-state index contributed by atoms with van der Waals surface area (Å²) in [5, 5.41) is 9.62. The number of carbonyl (C=O) groups is 1. The maximum Gasteiger partial charge on any atom is 0.278 e. The highest BCUT2D eigenvalue weighted by Gasteiger charge is 2.30. The van der Waals surface area contributed by atoms with Crippen LogP contribution in [-0.2, 0) is 0 Å². The van der Waals surface area contributed by atoms with Crippen molar-refractivity contribution >= 4 is 17.3 Å². The average molecular weight is 266 g/mol. The highest BCUT2D eigenvalue weighted by atomic mass is 16.2. The number of amides is 1. The molecule has 0 aliphatic heterocycles. The summed E-state index contributed by atoms with van der Waals surface area (Å²) >= 11 is 0. The van der Waals surface area contributed by atoms with Crippen molar-refractivity contribution in [3.8, 4) is 12.3 Å². The van der Waals surface area contributed by atoms with E-state index in [1.165, 1.54) is 0 Å². The molecule has 1 fully saturated rings. The monoisotopic (exact) mass is 266 g/mol. The average Bonchev–Trinajstić information content (AvgIpc) is 3.22. The van der Waals surface area contributed by atoms with Crippen molar-refractivity contribution in [2.75, 3.05) is 11.1 Å². The summed E-state index contributed by atoms with van der Waals surface area (Å²) in [5.74, 6) is 2.61. The number of nitrogens with two attached hydrogens (primary N) is 1. The third kappa shape index (κ3) is 2.24. The van der Waals surface area contributed by atoms with Gasteiger partial charge in [0.2, 0.25) is 0 Å². The molecule has 4 N–H and O–H groups in total. The lowest BCUT2D eigenvalue weighted by Crippen LogP contribution is -2.14. The largest absolute Gasteiger partial charge is 0.395 e. The maximum absolute atomic E-state index is 12.2. The van der Waals surface area contributed by atoms with Crippen molar-refractivity contribution in [1.82, 2.24) is 10.2 Å². The Hall–Kier alpha value is -2.74. The summed E-state index contributed by atoms with van der Waals surface area (Å²) in [7, 11) is 0. The topological polar surface area (TPSA) is 83.8 Å². The van der Waals surface area contributed by atoms with Crippen LogP contribution >= 0.6 is 0 Å². The van der Waals surface area contributed by atoms with E-state index in [4.69, 9.17) is 12.2 Å². The van der Waals surface area contributed by atoms with E-state index >= 15 is 0 Å². The highest BCUT2D eigenvalue weighted by Crippen LogP contribution is 2.42. The number of benzene rings is 1. The van der Waals surface area contributed by atoms with Crippen molar-refractivity contribution in [2.45, 2.75) is 18.8 Å². The first-order valence-electron chi connectivity index (χ1n) is 6.41. The van der Waals surface area contributed by atoms with Gasteiger partial charge in [-0.25, -0.2) is 0 Å². The molecule has 1 aromatic heterocycles. The van der Waals surface area contributed by atoms with Crippen molar-refractivity contribution in [3.63, 3.8) is 0 Å². The summed E-state index contributed by atoms with van der Waals surface area (Å²) in [4.78, 5) is 12.2. The Balaban J connectivity index is 1.80. The molecule has 1 heterocycles. The summed E-state index contributed by atoms with van der Waals surface area (Å²) < 4.78 is 0. The second kappa shape index (κ2) is 4.74. The number of terminal acetylenes is 1. The molecular formula is C15H14N4O. The van der Waals surface area contributed by atoms with Gasteiger partial charge in [-0.2, -0.15) is 5.10 Å². The number of H-pyrrole nitrogens is 1. The van der Waals surface area contributed by atoms with E-state index in [-0.39, 0.29) is 11.6 Å². The van der Waals surface area contributed by atoms with Crippen LogP contribution in [0.4, 0.5) is 11.4 Å². The number of hydrogen-bond acceptors (Lipinski definition) is 3. The van der Waals surface area contributed by atoms with Crippen molar-refractivity contribution < 1.29 is 4.79 Å². The highest BCUT2D eigenvalue weighted by molar-refractivity contribution is 6.06. The van der Waals surface area contributed by atoms with E-state index < -0.39 is 0 Å². The van der Waals surface area contributed by atoms with Crippen LogP contribution in [0.15, 0.2) is 24.3 Å². The van der Waals surface area contributed by atoms with Gasteiger partial charge >= 0.3 is 0 Å². The molecule has 3 rings (SSSR count). The lowest BCUT2D eigenvalue weighted by atomic mass is 10.2. The van der Waals surface area contributed by atoms with E-state index in [0.29, 0.717) is 22.9 Å². The number of nitrogens with zero attached hydrogens (tertiary/aromatic N) is 1. The fraction of sp³-hybridized carbons (Fsp3) is 0.200. The van der Waals surface area contributed by atoms with E-state index in [1.54, 1.807) is 24.3 Å². The molecule has 0 spiro atoms. The van der Waals surface area contributed by atoms with Crippen LogP contribution in [0.1, 0.15) is 40.5 Å². The smallest absolute Gasteiger partial charge is 0.278 e. The van der Waals surface area contributed by atoms with Gasteiger partial charge in [0.1, 0.15) is 0 Å². The molecule has 5 heteroatoms. The molecule has 0 bridgehead atoms. The fourth-order valence-electron chi connectivity index (χ4n) is 2.10. The van der Waals surface area contributed by atoms with Crippen LogP contribution in [0, 0.1) is 12.3 Å². The van der Waals surface area contributed by atoms with Gasteiger partial charge in [-0.15, -0.1) is 6.42 Å².